The van der Waals surface area contributed by atoms with Gasteiger partial charge in [0.15, 0.2) is 18.2 Å². The van der Waals surface area contributed by atoms with Gasteiger partial charge in [-0.25, -0.2) is 8.78 Å². The van der Waals surface area contributed by atoms with Gasteiger partial charge in [0.05, 0.1) is 14.2 Å². The minimum Gasteiger partial charge on any atom is -0.493 e. The molecule has 0 spiro atoms. The van der Waals surface area contributed by atoms with Crippen molar-refractivity contribution in [3.8, 4) is 22.8 Å². The first-order valence-corrected chi connectivity index (χ1v) is 24.2. The molecule has 4 heterocycles. The molecule has 344 valence electrons. The van der Waals surface area contributed by atoms with E-state index in [2.05, 4.69) is 61.5 Å². The van der Waals surface area contributed by atoms with E-state index in [1.807, 2.05) is 39.0 Å². The number of thioether (sulfide) groups is 1. The fourth-order valence-electron chi connectivity index (χ4n) is 10.9. The highest BCUT2D eigenvalue weighted by Crippen LogP contribution is 2.64. The van der Waals surface area contributed by atoms with E-state index in [-0.39, 0.29) is 72.9 Å². The molecule has 0 amide bonds. The zero-order valence-electron chi connectivity index (χ0n) is 38.9. The average Bonchev–Trinajstić information content (AvgIpc) is 4.04. The maximum atomic E-state index is 17.6. The molecule has 2 aromatic carbocycles. The monoisotopic (exact) mass is 940 g/mol. The van der Waals surface area contributed by atoms with Gasteiger partial charge in [-0.2, -0.15) is 17.6 Å². The first kappa shape index (κ1) is 46.9. The fraction of sp³-hybridized carbons (Fsp3) is 0.500. The molecule has 0 fully saturated rings. The van der Waals surface area contributed by atoms with Crippen LogP contribution in [0.15, 0.2) is 64.1 Å². The van der Waals surface area contributed by atoms with Crippen LogP contribution in [0.1, 0.15) is 142 Å². The Kier molecular flexibility index (Phi) is 11.3. The molecule has 1 atom stereocenters. The largest absolute Gasteiger partial charge is 0.493 e. The number of allylic oxidation sites excluding steroid dienone is 3. The fourth-order valence-corrected chi connectivity index (χ4v) is 15.5. The number of rotatable bonds is 11. The summed E-state index contributed by atoms with van der Waals surface area (Å²) >= 11 is 4.47. The lowest BCUT2D eigenvalue weighted by Crippen LogP contribution is -2.45. The van der Waals surface area contributed by atoms with Crippen molar-refractivity contribution in [2.45, 2.75) is 140 Å². The molecule has 0 saturated carbocycles. The summed E-state index contributed by atoms with van der Waals surface area (Å²) in [5, 5.41) is -0.315. The summed E-state index contributed by atoms with van der Waals surface area (Å²) in [6, 6.07) is 14.4. The Balaban J connectivity index is 1.47. The van der Waals surface area contributed by atoms with Crippen LogP contribution in [0, 0.1) is 0 Å². The Labute approximate surface area is 385 Å². The zero-order valence-corrected chi connectivity index (χ0v) is 41.4. The van der Waals surface area contributed by atoms with E-state index in [9.17, 15) is 4.39 Å². The van der Waals surface area contributed by atoms with Gasteiger partial charge in [0, 0.05) is 74.2 Å². The Morgan fingerprint density at radius 3 is 1.83 bits per heavy atom. The van der Waals surface area contributed by atoms with Gasteiger partial charge in [-0.3, -0.25) is 0 Å². The van der Waals surface area contributed by atoms with Crippen LogP contribution in [0.3, 0.4) is 0 Å². The van der Waals surface area contributed by atoms with Gasteiger partial charge in [0.1, 0.15) is 18.0 Å². The molecule has 1 aliphatic heterocycles. The van der Waals surface area contributed by atoms with Gasteiger partial charge < -0.3 is 13.9 Å². The number of halogens is 6. The third-order valence-electron chi connectivity index (χ3n) is 13.6. The lowest BCUT2D eigenvalue weighted by molar-refractivity contribution is -0.192. The molecule has 64 heavy (non-hydrogen) atoms. The van der Waals surface area contributed by atoms with Gasteiger partial charge in [0.25, 0.3) is 0 Å². The zero-order chi connectivity index (χ0) is 46.9. The smallest absolute Gasteiger partial charge is 0.342 e. The molecule has 5 aromatic rings. The highest BCUT2D eigenvalue weighted by molar-refractivity contribution is 8.09. The van der Waals surface area contributed by atoms with Crippen molar-refractivity contribution in [2.24, 2.45) is 0 Å². The number of furan rings is 1. The second-order valence-corrected chi connectivity index (χ2v) is 24.8. The average molecular weight is 941 g/mol. The highest BCUT2D eigenvalue weighted by atomic mass is 32.2. The third kappa shape index (κ3) is 7.48. The summed E-state index contributed by atoms with van der Waals surface area (Å²) in [6.45, 7) is 19.3. The van der Waals surface area contributed by atoms with Crippen molar-refractivity contribution in [3.63, 3.8) is 0 Å². The third-order valence-corrected chi connectivity index (χ3v) is 18.4. The molecular formula is C52H58F6O3S3. The molecule has 0 N–H and O–H groups in total. The summed E-state index contributed by atoms with van der Waals surface area (Å²) < 4.78 is 116. The van der Waals surface area contributed by atoms with Crippen molar-refractivity contribution in [2.75, 3.05) is 27.6 Å². The summed E-state index contributed by atoms with van der Waals surface area (Å²) in [6.07, 6.45) is 1.69. The van der Waals surface area contributed by atoms with E-state index in [1.165, 1.54) is 59.9 Å². The Morgan fingerprint density at radius 2 is 1.31 bits per heavy atom. The molecule has 3 aliphatic rings. The van der Waals surface area contributed by atoms with Crippen LogP contribution < -0.4 is 9.47 Å². The van der Waals surface area contributed by atoms with Crippen LogP contribution >= 0.6 is 34.4 Å². The predicted octanol–water partition coefficient (Wildman–Crippen LogP) is 16.7. The number of thiophene rings is 2. The Morgan fingerprint density at radius 1 is 0.750 bits per heavy atom. The standard InChI is InChI=1S/C52H58F6O3S3/c1-46(2,3)28-16-14-27(15-17-28)42-40(29-18-35(59-12)36(60-13)22-34(29)61-42)31(23-53)41(52(57,58)51(55,56)26-54)30-19-37(38-20-32-44(63-38)49(8,9)24-47(32,4)5)62-43(30)39-21-33-45(64-39)50(10,11)25-48(33,6)7/h14-18,20-22,37H,19,23-26H2,1-13H3/b41-31+. The lowest BCUT2D eigenvalue weighted by atomic mass is 9.82. The van der Waals surface area contributed by atoms with Crippen molar-refractivity contribution in [1.82, 2.24) is 0 Å². The summed E-state index contributed by atoms with van der Waals surface area (Å²) in [4.78, 5) is 4.27. The van der Waals surface area contributed by atoms with Crippen LogP contribution in [-0.4, -0.2) is 39.4 Å². The number of methoxy groups -OCH3 is 2. The van der Waals surface area contributed by atoms with E-state index < -0.39 is 41.6 Å². The second-order valence-electron chi connectivity index (χ2n) is 21.5. The first-order chi connectivity index (χ1) is 29.6. The molecule has 0 saturated heterocycles. The summed E-state index contributed by atoms with van der Waals surface area (Å²) in [7, 11) is 2.83. The van der Waals surface area contributed by atoms with Crippen molar-refractivity contribution in [1.29, 1.82) is 0 Å². The van der Waals surface area contributed by atoms with Gasteiger partial charge in [0.2, 0.25) is 0 Å². The van der Waals surface area contributed by atoms with E-state index in [1.54, 1.807) is 23.5 Å². The van der Waals surface area contributed by atoms with Crippen molar-refractivity contribution >= 4 is 55.9 Å². The molecular weight excluding hydrogens is 883 g/mol. The van der Waals surface area contributed by atoms with E-state index in [0.29, 0.717) is 15.3 Å². The number of hydrogen-bond acceptors (Lipinski definition) is 6. The molecule has 1 unspecified atom stereocenters. The van der Waals surface area contributed by atoms with Gasteiger partial charge in [-0.1, -0.05) is 100 Å². The number of ether oxygens (including phenoxy) is 2. The Bertz CT molecular complexity index is 2650. The van der Waals surface area contributed by atoms with Crippen LogP contribution in [0.2, 0.25) is 0 Å². The SMILES string of the molecule is COc1cc2oc(-c3ccc(C(C)(C)C)cc3)c(/C(CF)=C(\C3=C(c4cc5c(s4)C(C)(C)CC5(C)C)SC(c4cc5c(s4)C(C)(C)CC5(C)C)C3)C(F)(F)C(F)(F)CF)c2cc1OC. The van der Waals surface area contributed by atoms with Crippen LogP contribution in [0.5, 0.6) is 11.5 Å². The summed E-state index contributed by atoms with van der Waals surface area (Å²) in [5.74, 6) is -9.92. The molecule has 0 bridgehead atoms. The number of fused-ring (bicyclic) bond motifs is 3. The Hall–Kier alpha value is -3.61. The molecule has 3 nitrogen and oxygen atoms in total. The van der Waals surface area contributed by atoms with Gasteiger partial charge in [-0.05, 0) is 76.0 Å². The highest BCUT2D eigenvalue weighted by Gasteiger charge is 2.62. The molecule has 12 heteroatoms. The minimum absolute atomic E-state index is 0.00243. The molecule has 3 aromatic heterocycles. The van der Waals surface area contributed by atoms with E-state index in [4.69, 9.17) is 13.9 Å². The molecule has 2 aliphatic carbocycles. The van der Waals surface area contributed by atoms with E-state index >= 15 is 22.0 Å². The number of benzene rings is 2. The first-order valence-electron chi connectivity index (χ1n) is 21.7. The second kappa shape index (κ2) is 15.5. The predicted molar refractivity (Wildman–Crippen MR) is 254 cm³/mol. The van der Waals surface area contributed by atoms with E-state index in [0.717, 1.165) is 33.7 Å². The lowest BCUT2D eigenvalue weighted by Gasteiger charge is -2.30. The maximum Gasteiger partial charge on any atom is 0.342 e. The van der Waals surface area contributed by atoms with Crippen LogP contribution in [0.25, 0.3) is 32.8 Å². The quantitative estimate of drug-likeness (QED) is 0.124. The van der Waals surface area contributed by atoms with Gasteiger partial charge in [-0.15, -0.1) is 34.4 Å². The number of hydrogen-bond donors (Lipinski definition) is 0. The number of alkyl halides is 6. The van der Waals surface area contributed by atoms with Crippen LogP contribution in [0.4, 0.5) is 26.3 Å². The van der Waals surface area contributed by atoms with Crippen molar-refractivity contribution in [3.05, 3.63) is 101 Å². The maximum absolute atomic E-state index is 17.6. The minimum atomic E-state index is -5.20. The summed E-state index contributed by atoms with van der Waals surface area (Å²) in [5.41, 5.74) is 0.611. The molecule has 0 radical (unpaired) electrons. The molecule has 8 rings (SSSR count). The van der Waals surface area contributed by atoms with Crippen molar-refractivity contribution < 1.29 is 40.2 Å². The topological polar surface area (TPSA) is 31.6 Å². The van der Waals surface area contributed by atoms with Crippen LogP contribution in [-0.2, 0) is 27.1 Å². The normalized spacial score (nSPS) is 20.5. The van der Waals surface area contributed by atoms with Gasteiger partial charge >= 0.3 is 11.8 Å².